The van der Waals surface area contributed by atoms with E-state index >= 15 is 0 Å². The van der Waals surface area contributed by atoms with Gasteiger partial charge in [0.25, 0.3) is 5.69 Å². The first kappa shape index (κ1) is 16.4. The number of nitrogens with one attached hydrogen (secondary N) is 2. The molecule has 8 nitrogen and oxygen atoms in total. The minimum Gasteiger partial charge on any atom is -0.366 e. The van der Waals surface area contributed by atoms with Gasteiger partial charge in [0.15, 0.2) is 5.82 Å². The molecule has 0 unspecified atom stereocenters. The second-order valence-corrected chi connectivity index (χ2v) is 7.00. The van der Waals surface area contributed by atoms with E-state index in [1.807, 2.05) is 6.92 Å². The van der Waals surface area contributed by atoms with Crippen LogP contribution in [0.2, 0.25) is 0 Å². The first-order chi connectivity index (χ1) is 10.2. The van der Waals surface area contributed by atoms with Crippen molar-refractivity contribution in [3.05, 3.63) is 28.1 Å². The summed E-state index contributed by atoms with van der Waals surface area (Å²) in [4.78, 5) is 11.9. The Bertz CT molecular complexity index is 695. The lowest BCUT2D eigenvalue weighted by Gasteiger charge is -2.34. The maximum atomic E-state index is 14.2. The van der Waals surface area contributed by atoms with Gasteiger partial charge in [-0.15, -0.1) is 0 Å². The van der Waals surface area contributed by atoms with Gasteiger partial charge in [-0.3, -0.25) is 14.8 Å². The van der Waals surface area contributed by atoms with Crippen molar-refractivity contribution in [2.75, 3.05) is 35.5 Å². The molecule has 1 aromatic rings. The fourth-order valence-corrected chi connectivity index (χ4v) is 2.94. The third-order valence-electron chi connectivity index (χ3n) is 3.27. The average molecular weight is 332 g/mol. The molecule has 1 fully saturated rings. The Morgan fingerprint density at radius 1 is 1.50 bits per heavy atom. The topological polar surface area (TPSA) is 105 Å². The van der Waals surface area contributed by atoms with E-state index in [0.29, 0.717) is 19.6 Å². The Balaban J connectivity index is 2.47. The molecule has 1 heterocycles. The molecular weight excluding hydrogens is 315 g/mol. The predicted octanol–water partition coefficient (Wildman–Crippen LogP) is 0.903. The lowest BCUT2D eigenvalue weighted by atomic mass is 10.1. The summed E-state index contributed by atoms with van der Waals surface area (Å²) in [5.74, 6) is -0.750. The summed E-state index contributed by atoms with van der Waals surface area (Å²) in [5.41, 5.74) is -0.713. The molecule has 2 rings (SSSR count). The van der Waals surface area contributed by atoms with Crippen molar-refractivity contribution in [2.45, 2.75) is 13.0 Å². The molecule has 0 radical (unpaired) electrons. The van der Waals surface area contributed by atoms with E-state index in [1.54, 1.807) is 4.90 Å². The fraction of sp³-hybridized carbons (Fsp3) is 0.500. The molecule has 0 aromatic heterocycles. The molecular formula is C12H17FN4O4S. The van der Waals surface area contributed by atoms with Gasteiger partial charge < -0.3 is 10.2 Å². The highest BCUT2D eigenvalue weighted by Crippen LogP contribution is 2.33. The molecule has 10 heteroatoms. The van der Waals surface area contributed by atoms with E-state index in [1.165, 1.54) is 6.07 Å². The number of halogens is 1. The summed E-state index contributed by atoms with van der Waals surface area (Å²) in [7, 11) is -3.71. The van der Waals surface area contributed by atoms with Crippen molar-refractivity contribution < 1.29 is 17.7 Å². The number of benzene rings is 1. The van der Waals surface area contributed by atoms with Crippen LogP contribution in [0.1, 0.15) is 6.92 Å². The molecule has 1 aliphatic heterocycles. The van der Waals surface area contributed by atoms with Gasteiger partial charge in [-0.2, -0.15) is 0 Å². The van der Waals surface area contributed by atoms with E-state index < -0.39 is 26.5 Å². The molecule has 122 valence electrons. The number of nitro benzene ring substituents is 1. The zero-order valence-corrected chi connectivity index (χ0v) is 13.0. The molecule has 0 amide bonds. The molecule has 0 aliphatic carbocycles. The number of nitro groups is 1. The number of rotatable bonds is 4. The minimum atomic E-state index is -3.71. The zero-order valence-electron chi connectivity index (χ0n) is 12.2. The number of sulfonamides is 1. The number of nitrogens with zero attached hydrogens (tertiary/aromatic N) is 2. The van der Waals surface area contributed by atoms with Crippen LogP contribution in [0.15, 0.2) is 12.1 Å². The van der Waals surface area contributed by atoms with Crippen LogP contribution in [0.25, 0.3) is 0 Å². The Kier molecular flexibility index (Phi) is 4.52. The van der Waals surface area contributed by atoms with Crippen LogP contribution in [0.4, 0.5) is 21.5 Å². The maximum absolute atomic E-state index is 14.2. The minimum absolute atomic E-state index is 0.134. The normalized spacial score (nSPS) is 19.0. The third-order valence-corrected chi connectivity index (χ3v) is 3.86. The Morgan fingerprint density at radius 3 is 2.73 bits per heavy atom. The van der Waals surface area contributed by atoms with E-state index in [4.69, 9.17) is 0 Å². The van der Waals surface area contributed by atoms with Gasteiger partial charge in [-0.05, 0) is 13.0 Å². The van der Waals surface area contributed by atoms with Crippen LogP contribution in [-0.4, -0.2) is 45.3 Å². The van der Waals surface area contributed by atoms with Gasteiger partial charge in [0, 0.05) is 25.7 Å². The van der Waals surface area contributed by atoms with Gasteiger partial charge >= 0.3 is 0 Å². The van der Waals surface area contributed by atoms with Gasteiger partial charge in [0.05, 0.1) is 22.9 Å². The van der Waals surface area contributed by atoms with Crippen molar-refractivity contribution in [3.63, 3.8) is 0 Å². The monoisotopic (exact) mass is 332 g/mol. The number of hydrogen-bond donors (Lipinski definition) is 2. The summed E-state index contributed by atoms with van der Waals surface area (Å²) < 4.78 is 39.0. The Labute approximate surface area is 127 Å². The number of anilines is 2. The van der Waals surface area contributed by atoms with E-state index in [-0.39, 0.29) is 17.4 Å². The Morgan fingerprint density at radius 2 is 2.18 bits per heavy atom. The van der Waals surface area contributed by atoms with Crippen LogP contribution < -0.4 is 14.9 Å². The largest absolute Gasteiger partial charge is 0.366 e. The van der Waals surface area contributed by atoms with Crippen molar-refractivity contribution in [2.24, 2.45) is 0 Å². The van der Waals surface area contributed by atoms with Crippen molar-refractivity contribution >= 4 is 27.1 Å². The standard InChI is InChI=1S/C12H17FN4O4S/c1-8-7-16(4-3-14-8)11-6-10(15-22(2,20)21)12(17(18)19)5-9(11)13/h5-6,8,14-15H,3-4,7H2,1-2H3/t8-/m0/s1. The van der Waals surface area contributed by atoms with E-state index in [0.717, 1.165) is 12.3 Å². The molecule has 0 spiro atoms. The zero-order chi connectivity index (χ0) is 16.5. The second kappa shape index (κ2) is 6.05. The van der Waals surface area contributed by atoms with Crippen molar-refractivity contribution in [3.8, 4) is 0 Å². The molecule has 22 heavy (non-hydrogen) atoms. The molecule has 1 aromatic carbocycles. The van der Waals surface area contributed by atoms with E-state index in [9.17, 15) is 22.9 Å². The first-order valence-electron chi connectivity index (χ1n) is 6.61. The van der Waals surface area contributed by atoms with Gasteiger partial charge in [-0.25, -0.2) is 12.8 Å². The molecule has 1 saturated heterocycles. The molecule has 1 aliphatic rings. The van der Waals surface area contributed by atoms with Crippen molar-refractivity contribution in [1.82, 2.24) is 5.32 Å². The highest BCUT2D eigenvalue weighted by molar-refractivity contribution is 7.92. The van der Waals surface area contributed by atoms with Gasteiger partial charge in [0.2, 0.25) is 10.0 Å². The quantitative estimate of drug-likeness (QED) is 0.627. The summed E-state index contributed by atoms with van der Waals surface area (Å²) in [6, 6.07) is 2.05. The van der Waals surface area contributed by atoms with Gasteiger partial charge in [0.1, 0.15) is 5.69 Å². The predicted molar refractivity (Wildman–Crippen MR) is 81.2 cm³/mol. The summed E-state index contributed by atoms with van der Waals surface area (Å²) in [5, 5.41) is 14.2. The smallest absolute Gasteiger partial charge is 0.296 e. The van der Waals surface area contributed by atoms with Crippen LogP contribution in [0.5, 0.6) is 0 Å². The first-order valence-corrected chi connectivity index (χ1v) is 8.50. The van der Waals surface area contributed by atoms with Gasteiger partial charge in [-0.1, -0.05) is 0 Å². The molecule has 1 atom stereocenters. The summed E-state index contributed by atoms with van der Waals surface area (Å²) in [6.07, 6.45) is 0.882. The van der Waals surface area contributed by atoms with Crippen LogP contribution in [-0.2, 0) is 10.0 Å². The third kappa shape index (κ3) is 3.83. The molecule has 2 N–H and O–H groups in total. The highest BCUT2D eigenvalue weighted by Gasteiger charge is 2.25. The average Bonchev–Trinajstić information content (AvgIpc) is 2.38. The number of piperazine rings is 1. The fourth-order valence-electron chi connectivity index (χ4n) is 2.38. The Hall–Kier alpha value is -1.94. The van der Waals surface area contributed by atoms with Crippen LogP contribution in [0, 0.1) is 15.9 Å². The van der Waals surface area contributed by atoms with Crippen LogP contribution >= 0.6 is 0 Å². The molecule has 0 saturated carbocycles. The van der Waals surface area contributed by atoms with E-state index in [2.05, 4.69) is 10.0 Å². The molecule has 0 bridgehead atoms. The van der Waals surface area contributed by atoms with Crippen LogP contribution in [0.3, 0.4) is 0 Å². The lowest BCUT2D eigenvalue weighted by Crippen LogP contribution is -2.49. The summed E-state index contributed by atoms with van der Waals surface area (Å²) in [6.45, 7) is 3.63. The SMILES string of the molecule is C[C@H]1CN(c2cc(NS(C)(=O)=O)c([N+](=O)[O-])cc2F)CCN1. The maximum Gasteiger partial charge on any atom is 0.296 e. The van der Waals surface area contributed by atoms with Crippen molar-refractivity contribution in [1.29, 1.82) is 0 Å². The second-order valence-electron chi connectivity index (χ2n) is 5.25. The summed E-state index contributed by atoms with van der Waals surface area (Å²) >= 11 is 0. The highest BCUT2D eigenvalue weighted by atomic mass is 32.2. The number of hydrogen-bond acceptors (Lipinski definition) is 6. The lowest BCUT2D eigenvalue weighted by molar-refractivity contribution is -0.384.